The first-order chi connectivity index (χ1) is 14.8. The van der Waals surface area contributed by atoms with Crippen LogP contribution < -0.4 is 9.47 Å². The summed E-state index contributed by atoms with van der Waals surface area (Å²) in [5, 5.41) is 0. The molecule has 1 heterocycles. The van der Waals surface area contributed by atoms with Crippen molar-refractivity contribution in [3.8, 4) is 11.5 Å². The normalized spacial score (nSPS) is 34.6. The van der Waals surface area contributed by atoms with Crippen molar-refractivity contribution in [2.24, 2.45) is 11.3 Å². The van der Waals surface area contributed by atoms with Gasteiger partial charge in [0.05, 0.1) is 26.4 Å². The van der Waals surface area contributed by atoms with E-state index in [1.54, 1.807) is 28.4 Å². The summed E-state index contributed by atoms with van der Waals surface area (Å²) in [6, 6.07) is 5.81. The highest BCUT2D eigenvalue weighted by molar-refractivity contribution is 5.66. The van der Waals surface area contributed by atoms with Crippen molar-refractivity contribution in [1.29, 1.82) is 0 Å². The van der Waals surface area contributed by atoms with Crippen LogP contribution in [0.3, 0.4) is 0 Å². The molecular weight excluding hydrogens is 400 g/mol. The van der Waals surface area contributed by atoms with E-state index < -0.39 is 17.3 Å². The first-order valence-electron chi connectivity index (χ1n) is 10.6. The fourth-order valence-electron chi connectivity index (χ4n) is 5.51. The summed E-state index contributed by atoms with van der Waals surface area (Å²) in [6.45, 7) is 7.58. The second kappa shape index (κ2) is 9.18. The van der Waals surface area contributed by atoms with Crippen LogP contribution in [0.15, 0.2) is 30.9 Å². The van der Waals surface area contributed by atoms with Crippen molar-refractivity contribution in [3.63, 3.8) is 0 Å². The third-order valence-corrected chi connectivity index (χ3v) is 7.05. The second-order valence-electron chi connectivity index (χ2n) is 8.38. The Bertz CT molecular complexity index is 809. The Labute approximate surface area is 184 Å². The molecule has 2 aliphatic rings. The summed E-state index contributed by atoms with van der Waals surface area (Å²) >= 11 is 0. The van der Waals surface area contributed by atoms with Crippen LogP contribution in [-0.2, 0) is 23.7 Å². The van der Waals surface area contributed by atoms with Gasteiger partial charge in [0.15, 0.2) is 17.3 Å². The highest BCUT2D eigenvalue weighted by Gasteiger charge is 2.68. The molecular formula is C24H34O7. The summed E-state index contributed by atoms with van der Waals surface area (Å²) in [4.78, 5) is 11.7. The molecule has 31 heavy (non-hydrogen) atoms. The summed E-state index contributed by atoms with van der Waals surface area (Å²) in [5.41, 5.74) is 0.566. The van der Waals surface area contributed by atoms with Gasteiger partial charge in [-0.15, -0.1) is 6.58 Å². The Kier molecular flexibility index (Phi) is 6.98. The summed E-state index contributed by atoms with van der Waals surface area (Å²) < 4.78 is 35.1. The molecule has 1 aromatic carbocycles. The van der Waals surface area contributed by atoms with Crippen molar-refractivity contribution in [3.05, 3.63) is 36.4 Å². The minimum Gasteiger partial charge on any atom is -0.493 e. The zero-order valence-electron chi connectivity index (χ0n) is 19.3. The van der Waals surface area contributed by atoms with E-state index in [1.807, 2.05) is 24.3 Å². The lowest BCUT2D eigenvalue weighted by atomic mass is 9.59. The predicted molar refractivity (Wildman–Crippen MR) is 115 cm³/mol. The average Bonchev–Trinajstić information content (AvgIpc) is 3.01. The van der Waals surface area contributed by atoms with Crippen LogP contribution in [0.4, 0.5) is 0 Å². The van der Waals surface area contributed by atoms with Gasteiger partial charge in [-0.1, -0.05) is 19.1 Å². The number of carbonyl (C=O) groups excluding carboxylic acids is 1. The quantitative estimate of drug-likeness (QED) is 0.451. The van der Waals surface area contributed by atoms with Crippen LogP contribution in [0.25, 0.3) is 0 Å². The van der Waals surface area contributed by atoms with Crippen molar-refractivity contribution < 1.29 is 33.2 Å². The maximum absolute atomic E-state index is 11.7. The van der Waals surface area contributed by atoms with Crippen LogP contribution in [0.1, 0.15) is 44.8 Å². The average molecular weight is 435 g/mol. The van der Waals surface area contributed by atoms with E-state index in [-0.39, 0.29) is 24.1 Å². The molecule has 0 unspecified atom stereocenters. The summed E-state index contributed by atoms with van der Waals surface area (Å²) in [7, 11) is 6.53. The van der Waals surface area contributed by atoms with Gasteiger partial charge < -0.3 is 28.4 Å². The van der Waals surface area contributed by atoms with Crippen LogP contribution in [0.5, 0.6) is 11.5 Å². The first kappa shape index (κ1) is 23.6. The zero-order chi connectivity index (χ0) is 22.8. The van der Waals surface area contributed by atoms with E-state index in [4.69, 9.17) is 28.4 Å². The first-order valence-corrected chi connectivity index (χ1v) is 10.6. The van der Waals surface area contributed by atoms with Gasteiger partial charge in [0.2, 0.25) is 0 Å². The number of esters is 1. The monoisotopic (exact) mass is 434 g/mol. The molecule has 0 amide bonds. The van der Waals surface area contributed by atoms with Crippen molar-refractivity contribution in [1.82, 2.24) is 0 Å². The molecule has 1 aliphatic heterocycles. The van der Waals surface area contributed by atoms with Crippen molar-refractivity contribution in [2.45, 2.75) is 57.2 Å². The second-order valence-corrected chi connectivity index (χ2v) is 8.38. The number of allylic oxidation sites excluding steroid dienone is 1. The standard InChI is InChI=1S/C24H34O7/c1-8-11-23-13-20(28-6)21(30-16(3)25)14-24(23,29-7)31-22(15(23)2)17-9-10-18(26-4)19(12-17)27-5/h8-10,12,15,20-22H,1,11,13-14H2,2-7H3/t15-,20-,21-,22-,23-,24+/m0/s1. The Balaban J connectivity index is 2.07. The topological polar surface area (TPSA) is 72.5 Å². The lowest BCUT2D eigenvalue weighted by Gasteiger charge is -2.52. The molecule has 1 aromatic rings. The third-order valence-electron chi connectivity index (χ3n) is 7.05. The number of ether oxygens (including phenoxy) is 6. The van der Waals surface area contributed by atoms with Crippen LogP contribution in [-0.4, -0.2) is 52.4 Å². The number of carbonyl (C=O) groups is 1. The number of rotatable bonds is 8. The Morgan fingerprint density at radius 1 is 1.16 bits per heavy atom. The van der Waals surface area contributed by atoms with Crippen LogP contribution in [0.2, 0.25) is 0 Å². The van der Waals surface area contributed by atoms with Crippen LogP contribution >= 0.6 is 0 Å². The summed E-state index contributed by atoms with van der Waals surface area (Å²) in [5.74, 6) is 0.0676. The molecule has 0 radical (unpaired) electrons. The van der Waals surface area contributed by atoms with Gasteiger partial charge in [-0.25, -0.2) is 0 Å². The van der Waals surface area contributed by atoms with E-state index in [2.05, 4.69) is 13.5 Å². The van der Waals surface area contributed by atoms with Gasteiger partial charge in [0.1, 0.15) is 6.10 Å². The molecule has 1 saturated carbocycles. The largest absolute Gasteiger partial charge is 0.493 e. The molecule has 0 aromatic heterocycles. The van der Waals surface area contributed by atoms with Gasteiger partial charge in [0.25, 0.3) is 0 Å². The van der Waals surface area contributed by atoms with E-state index in [9.17, 15) is 4.79 Å². The zero-order valence-corrected chi connectivity index (χ0v) is 19.3. The third kappa shape index (κ3) is 3.83. The lowest BCUT2D eigenvalue weighted by Crippen LogP contribution is -2.59. The summed E-state index contributed by atoms with van der Waals surface area (Å²) in [6.07, 6.45) is 2.60. The van der Waals surface area contributed by atoms with Gasteiger partial charge in [-0.2, -0.15) is 0 Å². The van der Waals surface area contributed by atoms with Gasteiger partial charge >= 0.3 is 5.97 Å². The maximum atomic E-state index is 11.7. The van der Waals surface area contributed by atoms with Crippen molar-refractivity contribution in [2.75, 3.05) is 28.4 Å². The highest BCUT2D eigenvalue weighted by Crippen LogP contribution is 2.65. The molecule has 172 valence electrons. The molecule has 6 atom stereocenters. The molecule has 7 heteroatoms. The minimum atomic E-state index is -0.951. The molecule has 0 bridgehead atoms. The molecule has 1 aliphatic carbocycles. The fraction of sp³-hybridized carbons (Fsp3) is 0.625. The van der Waals surface area contributed by atoms with Gasteiger partial charge in [-0.3, -0.25) is 4.79 Å². The van der Waals surface area contributed by atoms with Crippen molar-refractivity contribution >= 4 is 5.97 Å². The van der Waals surface area contributed by atoms with E-state index in [0.29, 0.717) is 30.8 Å². The number of hydrogen-bond acceptors (Lipinski definition) is 7. The van der Waals surface area contributed by atoms with Crippen LogP contribution in [0, 0.1) is 11.3 Å². The SMILES string of the molecule is C=CC[C@@]12C[C@H](OC)[C@@H](OC(C)=O)C[C@@]1(OC)O[C@H](c1ccc(OC)c(OC)c1)[C@@H]2C. The minimum absolute atomic E-state index is 0.0690. The van der Waals surface area contributed by atoms with E-state index in [0.717, 1.165) is 5.56 Å². The van der Waals surface area contributed by atoms with Gasteiger partial charge in [-0.05, 0) is 36.5 Å². The number of methoxy groups -OCH3 is 4. The number of benzene rings is 1. The molecule has 0 N–H and O–H groups in total. The maximum Gasteiger partial charge on any atom is 0.302 e. The number of hydrogen-bond donors (Lipinski definition) is 0. The van der Waals surface area contributed by atoms with Gasteiger partial charge in [0, 0.05) is 33.0 Å². The smallest absolute Gasteiger partial charge is 0.302 e. The van der Waals surface area contributed by atoms with E-state index in [1.165, 1.54) is 6.92 Å². The Hall–Kier alpha value is -2.09. The molecule has 3 rings (SSSR count). The Morgan fingerprint density at radius 2 is 1.87 bits per heavy atom. The lowest BCUT2D eigenvalue weighted by molar-refractivity contribution is -0.301. The molecule has 7 nitrogen and oxygen atoms in total. The number of fused-ring (bicyclic) bond motifs is 1. The Morgan fingerprint density at radius 3 is 2.42 bits per heavy atom. The highest BCUT2D eigenvalue weighted by atomic mass is 16.7. The fourth-order valence-corrected chi connectivity index (χ4v) is 5.51. The molecule has 0 spiro atoms. The molecule has 1 saturated heterocycles. The van der Waals surface area contributed by atoms with E-state index >= 15 is 0 Å². The predicted octanol–water partition coefficient (Wildman–Crippen LogP) is 4.06. The molecule has 2 fully saturated rings.